The van der Waals surface area contributed by atoms with E-state index in [0.29, 0.717) is 0 Å². The first-order chi connectivity index (χ1) is 9.22. The first-order valence-electron chi connectivity index (χ1n) is 6.33. The monoisotopic (exact) mass is 274 g/mol. The Kier molecular flexibility index (Phi) is 4.74. The van der Waals surface area contributed by atoms with Gasteiger partial charge < -0.3 is 4.57 Å². The van der Waals surface area contributed by atoms with Gasteiger partial charge in [0, 0.05) is 30.3 Å². The van der Waals surface area contributed by atoms with Gasteiger partial charge in [-0.3, -0.25) is 4.98 Å². The van der Waals surface area contributed by atoms with E-state index in [1.54, 1.807) is 24.2 Å². The summed E-state index contributed by atoms with van der Waals surface area (Å²) in [6.07, 6.45) is 4.61. The first-order valence-corrected chi connectivity index (χ1v) is 7.31. The minimum Gasteiger partial charge on any atom is -0.302 e. The standard InChI is InChI=1S/C14H18N4S/c1-4-9-18-13(12-5-7-15-8-6-12)16-17-14(18)19-10-11(2)3/h5-8H,2,4,9-10H2,1,3H3. The molecule has 2 aromatic heterocycles. The molecular formula is C14H18N4S. The van der Waals surface area contributed by atoms with Crippen molar-refractivity contribution in [1.82, 2.24) is 19.7 Å². The Balaban J connectivity index is 2.31. The highest BCUT2D eigenvalue weighted by Crippen LogP contribution is 2.24. The molecule has 0 atom stereocenters. The fourth-order valence-corrected chi connectivity index (χ4v) is 2.53. The smallest absolute Gasteiger partial charge is 0.191 e. The van der Waals surface area contributed by atoms with Crippen molar-refractivity contribution in [2.24, 2.45) is 0 Å². The summed E-state index contributed by atoms with van der Waals surface area (Å²) in [5, 5.41) is 9.57. The SMILES string of the molecule is C=C(C)CSc1nnc(-c2ccncc2)n1CCC. The van der Waals surface area contributed by atoms with Gasteiger partial charge in [-0.15, -0.1) is 10.2 Å². The van der Waals surface area contributed by atoms with Crippen LogP contribution in [0.4, 0.5) is 0 Å². The third kappa shape index (κ3) is 3.44. The van der Waals surface area contributed by atoms with Crippen molar-refractivity contribution >= 4 is 11.8 Å². The molecule has 0 fully saturated rings. The van der Waals surface area contributed by atoms with Crippen molar-refractivity contribution in [2.75, 3.05) is 5.75 Å². The topological polar surface area (TPSA) is 43.6 Å². The summed E-state index contributed by atoms with van der Waals surface area (Å²) in [4.78, 5) is 4.04. The molecule has 2 heterocycles. The van der Waals surface area contributed by atoms with Crippen molar-refractivity contribution in [1.29, 1.82) is 0 Å². The normalized spacial score (nSPS) is 10.6. The van der Waals surface area contributed by atoms with Crippen LogP contribution in [0.25, 0.3) is 11.4 Å². The van der Waals surface area contributed by atoms with E-state index in [0.717, 1.165) is 40.8 Å². The number of pyridine rings is 1. The van der Waals surface area contributed by atoms with Gasteiger partial charge in [0.15, 0.2) is 11.0 Å². The van der Waals surface area contributed by atoms with Crippen LogP contribution >= 0.6 is 11.8 Å². The van der Waals surface area contributed by atoms with E-state index in [2.05, 4.69) is 33.3 Å². The molecule has 0 aliphatic rings. The van der Waals surface area contributed by atoms with Gasteiger partial charge in [0.25, 0.3) is 0 Å². The van der Waals surface area contributed by atoms with Crippen LogP contribution in [0.3, 0.4) is 0 Å². The van der Waals surface area contributed by atoms with Crippen molar-refractivity contribution in [3.8, 4) is 11.4 Å². The van der Waals surface area contributed by atoms with Crippen molar-refractivity contribution in [3.05, 3.63) is 36.7 Å². The van der Waals surface area contributed by atoms with Gasteiger partial charge in [-0.1, -0.05) is 30.8 Å². The van der Waals surface area contributed by atoms with Crippen LogP contribution in [0.1, 0.15) is 20.3 Å². The molecule has 0 aromatic carbocycles. The predicted molar refractivity (Wildman–Crippen MR) is 79.1 cm³/mol. The number of nitrogens with zero attached hydrogens (tertiary/aromatic N) is 4. The Morgan fingerprint density at radius 3 is 2.68 bits per heavy atom. The van der Waals surface area contributed by atoms with E-state index in [4.69, 9.17) is 0 Å². The van der Waals surface area contributed by atoms with E-state index in [-0.39, 0.29) is 0 Å². The van der Waals surface area contributed by atoms with Gasteiger partial charge in [0.2, 0.25) is 0 Å². The van der Waals surface area contributed by atoms with E-state index in [1.165, 1.54) is 0 Å². The minimum absolute atomic E-state index is 0.873. The van der Waals surface area contributed by atoms with Gasteiger partial charge >= 0.3 is 0 Å². The van der Waals surface area contributed by atoms with Crippen molar-refractivity contribution in [3.63, 3.8) is 0 Å². The zero-order valence-corrected chi connectivity index (χ0v) is 12.2. The van der Waals surface area contributed by atoms with Gasteiger partial charge in [-0.25, -0.2) is 0 Å². The molecule has 5 heteroatoms. The number of thioether (sulfide) groups is 1. The largest absolute Gasteiger partial charge is 0.302 e. The molecule has 0 unspecified atom stereocenters. The molecule has 2 aromatic rings. The average molecular weight is 274 g/mol. The highest BCUT2D eigenvalue weighted by Gasteiger charge is 2.13. The maximum absolute atomic E-state index is 4.32. The molecule has 0 radical (unpaired) electrons. The second-order valence-electron chi connectivity index (χ2n) is 4.44. The Labute approximate surface area is 118 Å². The van der Waals surface area contributed by atoms with Gasteiger partial charge in [-0.2, -0.15) is 0 Å². The van der Waals surface area contributed by atoms with Crippen LogP contribution in [0, 0.1) is 0 Å². The van der Waals surface area contributed by atoms with Crippen molar-refractivity contribution in [2.45, 2.75) is 32.0 Å². The molecule has 0 bridgehead atoms. The Bertz CT molecular complexity index is 548. The zero-order valence-electron chi connectivity index (χ0n) is 11.3. The molecule has 2 rings (SSSR count). The van der Waals surface area contributed by atoms with E-state index in [1.807, 2.05) is 19.1 Å². The van der Waals surface area contributed by atoms with Crippen LogP contribution in [0.2, 0.25) is 0 Å². The molecular weight excluding hydrogens is 256 g/mol. The molecule has 0 saturated carbocycles. The molecule has 19 heavy (non-hydrogen) atoms. The number of rotatable bonds is 6. The van der Waals surface area contributed by atoms with E-state index in [9.17, 15) is 0 Å². The van der Waals surface area contributed by atoms with E-state index < -0.39 is 0 Å². The van der Waals surface area contributed by atoms with Crippen LogP contribution < -0.4 is 0 Å². The van der Waals surface area contributed by atoms with E-state index >= 15 is 0 Å². The van der Waals surface area contributed by atoms with Gasteiger partial charge in [0.05, 0.1) is 0 Å². The van der Waals surface area contributed by atoms with Gasteiger partial charge in [0.1, 0.15) is 0 Å². The summed E-state index contributed by atoms with van der Waals surface area (Å²) in [6, 6.07) is 3.92. The second kappa shape index (κ2) is 6.52. The maximum atomic E-state index is 4.32. The maximum Gasteiger partial charge on any atom is 0.191 e. The zero-order chi connectivity index (χ0) is 13.7. The molecule has 0 spiro atoms. The number of hydrogen-bond donors (Lipinski definition) is 0. The third-order valence-corrected chi connectivity index (χ3v) is 3.75. The molecule has 0 amide bonds. The summed E-state index contributed by atoms with van der Waals surface area (Å²) >= 11 is 1.68. The molecule has 0 aliphatic carbocycles. The molecule has 0 saturated heterocycles. The van der Waals surface area contributed by atoms with Crippen LogP contribution in [-0.2, 0) is 6.54 Å². The lowest BCUT2D eigenvalue weighted by Crippen LogP contribution is -2.02. The lowest BCUT2D eigenvalue weighted by atomic mass is 10.2. The fourth-order valence-electron chi connectivity index (χ4n) is 1.72. The highest BCUT2D eigenvalue weighted by molar-refractivity contribution is 7.99. The van der Waals surface area contributed by atoms with Gasteiger partial charge in [-0.05, 0) is 25.5 Å². The number of aromatic nitrogens is 4. The second-order valence-corrected chi connectivity index (χ2v) is 5.38. The Hall–Kier alpha value is -1.62. The quantitative estimate of drug-likeness (QED) is 0.598. The fraction of sp³-hybridized carbons (Fsp3) is 0.357. The average Bonchev–Trinajstić information content (AvgIpc) is 2.81. The minimum atomic E-state index is 0.873. The summed E-state index contributed by atoms with van der Waals surface area (Å²) in [6.45, 7) is 9.03. The molecule has 100 valence electrons. The lowest BCUT2D eigenvalue weighted by molar-refractivity contribution is 0.626. The summed E-state index contributed by atoms with van der Waals surface area (Å²) in [7, 11) is 0. The lowest BCUT2D eigenvalue weighted by Gasteiger charge is -2.08. The Morgan fingerprint density at radius 2 is 2.05 bits per heavy atom. The van der Waals surface area contributed by atoms with Crippen molar-refractivity contribution < 1.29 is 0 Å². The van der Waals surface area contributed by atoms with Crippen LogP contribution in [0.15, 0.2) is 41.8 Å². The first kappa shape index (κ1) is 13.8. The molecule has 0 aliphatic heterocycles. The highest BCUT2D eigenvalue weighted by atomic mass is 32.2. The third-order valence-electron chi connectivity index (χ3n) is 2.55. The number of hydrogen-bond acceptors (Lipinski definition) is 4. The summed E-state index contributed by atoms with van der Waals surface area (Å²) in [5.41, 5.74) is 2.19. The summed E-state index contributed by atoms with van der Waals surface area (Å²) in [5.74, 6) is 1.78. The molecule has 4 nitrogen and oxygen atoms in total. The predicted octanol–water partition coefficient (Wildman–Crippen LogP) is 3.42. The Morgan fingerprint density at radius 1 is 1.32 bits per heavy atom. The van der Waals surface area contributed by atoms with Crippen LogP contribution in [-0.4, -0.2) is 25.5 Å². The molecule has 0 N–H and O–H groups in total. The summed E-state index contributed by atoms with van der Waals surface area (Å²) < 4.78 is 2.17. The van der Waals surface area contributed by atoms with Crippen LogP contribution in [0.5, 0.6) is 0 Å².